The molecule has 1 amide bonds. The normalized spacial score (nSPS) is 15.3. The van der Waals surface area contributed by atoms with E-state index >= 15 is 0 Å². The van der Waals surface area contributed by atoms with Crippen molar-refractivity contribution < 1.29 is 22.7 Å². The van der Waals surface area contributed by atoms with E-state index in [9.17, 15) is 18.0 Å². The average Bonchev–Trinajstić information content (AvgIpc) is 3.53. The van der Waals surface area contributed by atoms with Crippen LogP contribution in [0.15, 0.2) is 39.4 Å². The lowest BCUT2D eigenvalue weighted by Crippen LogP contribution is -2.50. The van der Waals surface area contributed by atoms with Crippen molar-refractivity contribution in [2.75, 3.05) is 33.3 Å². The number of rotatable bonds is 5. The number of thiophene rings is 2. The summed E-state index contributed by atoms with van der Waals surface area (Å²) in [4.78, 5) is 31.9. The number of amides is 1. The molecule has 0 atom stereocenters. The summed E-state index contributed by atoms with van der Waals surface area (Å²) in [6.45, 7) is 0.964. The van der Waals surface area contributed by atoms with Crippen molar-refractivity contribution in [3.63, 3.8) is 0 Å². The minimum atomic E-state index is -3.72. The smallest absolute Gasteiger partial charge is 0.338 e. The molecule has 158 valence electrons. The summed E-state index contributed by atoms with van der Waals surface area (Å²) in [7, 11) is -2.48. The molecule has 1 aliphatic heterocycles. The second-order valence-electron chi connectivity index (χ2n) is 6.35. The molecule has 0 bridgehead atoms. The van der Waals surface area contributed by atoms with Gasteiger partial charge in [-0.15, -0.1) is 34.0 Å². The lowest BCUT2D eigenvalue weighted by Gasteiger charge is -2.33. The minimum Gasteiger partial charge on any atom is -0.465 e. The van der Waals surface area contributed by atoms with E-state index in [0.717, 1.165) is 21.2 Å². The Kier molecular flexibility index (Phi) is 6.02. The summed E-state index contributed by atoms with van der Waals surface area (Å²) >= 11 is 3.88. The number of methoxy groups -OCH3 is 1. The van der Waals surface area contributed by atoms with Gasteiger partial charge in [-0.25, -0.2) is 18.2 Å². The van der Waals surface area contributed by atoms with Gasteiger partial charge < -0.3 is 9.64 Å². The highest BCUT2D eigenvalue weighted by atomic mass is 32.2. The molecule has 1 saturated heterocycles. The Labute approximate surface area is 185 Å². The Morgan fingerprint density at radius 2 is 1.93 bits per heavy atom. The van der Waals surface area contributed by atoms with Gasteiger partial charge in [-0.2, -0.15) is 4.31 Å². The van der Waals surface area contributed by atoms with E-state index < -0.39 is 16.0 Å². The number of hydrogen-bond acceptors (Lipinski definition) is 9. The first-order valence-corrected chi connectivity index (χ1v) is 12.9. The predicted octanol–water partition coefficient (Wildman–Crippen LogP) is 2.87. The number of ether oxygens (including phenoxy) is 1. The average molecular weight is 484 g/mol. The standard InChI is InChI=1S/C18H17N3O5S4/c1-26-18(23)12-9-15(28-11-12)30(24,25)21-6-4-20(5-7-21)17(22)14-10-19-16(29-14)13-3-2-8-27-13/h2-3,8-11H,4-7H2,1H3. The molecular formula is C18H17N3O5S4. The molecule has 3 aromatic heterocycles. The molecular weight excluding hydrogens is 466 g/mol. The molecule has 30 heavy (non-hydrogen) atoms. The molecule has 0 spiro atoms. The molecule has 0 aromatic carbocycles. The minimum absolute atomic E-state index is 0.0886. The van der Waals surface area contributed by atoms with Crippen molar-refractivity contribution in [3.05, 3.63) is 45.6 Å². The first kappa shape index (κ1) is 21.1. The zero-order valence-electron chi connectivity index (χ0n) is 15.8. The van der Waals surface area contributed by atoms with Gasteiger partial charge in [0.05, 0.1) is 23.7 Å². The number of aromatic nitrogens is 1. The van der Waals surface area contributed by atoms with E-state index in [2.05, 4.69) is 9.72 Å². The third kappa shape index (κ3) is 4.05. The van der Waals surface area contributed by atoms with Gasteiger partial charge in [0.1, 0.15) is 14.1 Å². The van der Waals surface area contributed by atoms with Crippen molar-refractivity contribution in [1.29, 1.82) is 0 Å². The van der Waals surface area contributed by atoms with E-state index in [1.54, 1.807) is 22.4 Å². The fraction of sp³-hybridized carbons (Fsp3) is 0.278. The number of esters is 1. The van der Waals surface area contributed by atoms with E-state index in [1.807, 2.05) is 17.5 Å². The summed E-state index contributed by atoms with van der Waals surface area (Å²) in [5, 5.41) is 4.22. The van der Waals surface area contributed by atoms with Crippen LogP contribution in [0.5, 0.6) is 0 Å². The zero-order valence-corrected chi connectivity index (χ0v) is 19.1. The maximum Gasteiger partial charge on any atom is 0.338 e. The Balaban J connectivity index is 1.41. The monoisotopic (exact) mass is 483 g/mol. The summed E-state index contributed by atoms with van der Waals surface area (Å²) < 4.78 is 31.8. The predicted molar refractivity (Wildman–Crippen MR) is 116 cm³/mol. The third-order valence-corrected chi connectivity index (χ3v) is 9.90. The number of hydrogen-bond donors (Lipinski definition) is 0. The highest BCUT2D eigenvalue weighted by molar-refractivity contribution is 7.91. The van der Waals surface area contributed by atoms with Crippen LogP contribution in [0, 0.1) is 0 Å². The van der Waals surface area contributed by atoms with Crippen molar-refractivity contribution in [2.45, 2.75) is 4.21 Å². The van der Waals surface area contributed by atoms with Crippen LogP contribution in [-0.4, -0.2) is 67.8 Å². The molecule has 0 unspecified atom stereocenters. The van der Waals surface area contributed by atoms with Crippen LogP contribution >= 0.6 is 34.0 Å². The second-order valence-corrected chi connectivity index (χ2v) is 11.4. The van der Waals surface area contributed by atoms with Gasteiger partial charge in [-0.05, 0) is 17.5 Å². The van der Waals surface area contributed by atoms with Crippen molar-refractivity contribution in [2.24, 2.45) is 0 Å². The molecule has 4 rings (SSSR count). The van der Waals surface area contributed by atoms with Crippen LogP contribution in [-0.2, 0) is 14.8 Å². The van der Waals surface area contributed by atoms with E-state index in [0.29, 0.717) is 18.0 Å². The molecule has 1 aliphatic rings. The van der Waals surface area contributed by atoms with Crippen molar-refractivity contribution >= 4 is 55.9 Å². The first-order chi connectivity index (χ1) is 14.4. The lowest BCUT2D eigenvalue weighted by molar-refractivity contribution is 0.0600. The van der Waals surface area contributed by atoms with Gasteiger partial charge in [0.2, 0.25) is 0 Å². The topological polar surface area (TPSA) is 96.9 Å². The number of carbonyl (C=O) groups is 2. The van der Waals surface area contributed by atoms with Gasteiger partial charge in [-0.3, -0.25) is 4.79 Å². The van der Waals surface area contributed by atoms with Crippen LogP contribution in [0.2, 0.25) is 0 Å². The van der Waals surface area contributed by atoms with Crippen LogP contribution in [0.4, 0.5) is 0 Å². The number of piperazine rings is 1. The molecule has 0 aliphatic carbocycles. The fourth-order valence-electron chi connectivity index (χ4n) is 2.98. The Hall–Kier alpha value is -2.12. The van der Waals surface area contributed by atoms with Gasteiger partial charge in [-0.1, -0.05) is 6.07 Å². The Morgan fingerprint density at radius 1 is 1.17 bits per heavy atom. The lowest BCUT2D eigenvalue weighted by atomic mass is 10.3. The fourth-order valence-corrected chi connectivity index (χ4v) is 7.39. The first-order valence-electron chi connectivity index (χ1n) is 8.86. The number of sulfonamides is 1. The largest absolute Gasteiger partial charge is 0.465 e. The quantitative estimate of drug-likeness (QED) is 0.518. The Bertz CT molecular complexity index is 1160. The van der Waals surface area contributed by atoms with Crippen molar-refractivity contribution in [3.8, 4) is 9.88 Å². The molecule has 0 saturated carbocycles. The Morgan fingerprint density at radius 3 is 2.60 bits per heavy atom. The van der Waals surface area contributed by atoms with E-state index in [4.69, 9.17) is 0 Å². The molecule has 3 aromatic rings. The van der Waals surface area contributed by atoms with Gasteiger partial charge in [0.15, 0.2) is 0 Å². The molecule has 12 heteroatoms. The van der Waals surface area contributed by atoms with Crippen LogP contribution in [0.25, 0.3) is 9.88 Å². The molecule has 0 N–H and O–H groups in total. The summed E-state index contributed by atoms with van der Waals surface area (Å²) in [6, 6.07) is 5.22. The van der Waals surface area contributed by atoms with Crippen LogP contribution in [0.1, 0.15) is 20.0 Å². The number of nitrogens with zero attached hydrogens (tertiary/aromatic N) is 3. The SMILES string of the molecule is COC(=O)c1csc(S(=O)(=O)N2CCN(C(=O)c3cnc(-c4cccs4)s3)CC2)c1. The van der Waals surface area contributed by atoms with E-state index in [-0.39, 0.29) is 28.8 Å². The second kappa shape index (κ2) is 8.55. The maximum atomic E-state index is 12.9. The summed E-state index contributed by atoms with van der Waals surface area (Å²) in [5.74, 6) is -0.717. The van der Waals surface area contributed by atoms with Gasteiger partial charge in [0, 0.05) is 31.6 Å². The van der Waals surface area contributed by atoms with Crippen LogP contribution in [0.3, 0.4) is 0 Å². The third-order valence-electron chi connectivity index (χ3n) is 4.56. The molecule has 0 radical (unpaired) electrons. The van der Waals surface area contributed by atoms with Gasteiger partial charge in [0.25, 0.3) is 15.9 Å². The number of carbonyl (C=O) groups excluding carboxylic acids is 2. The number of thiazole rings is 1. The highest BCUT2D eigenvalue weighted by Gasteiger charge is 2.32. The van der Waals surface area contributed by atoms with Gasteiger partial charge >= 0.3 is 5.97 Å². The summed E-state index contributed by atoms with van der Waals surface area (Å²) in [6.07, 6.45) is 1.57. The molecule has 1 fully saturated rings. The van der Waals surface area contributed by atoms with E-state index in [1.165, 1.54) is 34.2 Å². The highest BCUT2D eigenvalue weighted by Crippen LogP contribution is 2.30. The van der Waals surface area contributed by atoms with Crippen molar-refractivity contribution in [1.82, 2.24) is 14.2 Å². The molecule has 4 heterocycles. The zero-order chi connectivity index (χ0) is 21.3. The summed E-state index contributed by atoms with van der Waals surface area (Å²) in [5.41, 5.74) is 0.210. The molecule has 8 nitrogen and oxygen atoms in total. The van der Waals surface area contributed by atoms with Crippen LogP contribution < -0.4 is 0 Å². The maximum absolute atomic E-state index is 12.9.